The van der Waals surface area contributed by atoms with E-state index in [1.807, 2.05) is 0 Å². The van der Waals surface area contributed by atoms with E-state index in [0.29, 0.717) is 10.2 Å². The van der Waals surface area contributed by atoms with E-state index >= 15 is 0 Å². The molecule has 0 unspecified atom stereocenters. The van der Waals surface area contributed by atoms with Crippen molar-refractivity contribution in [2.45, 2.75) is 68.7 Å². The monoisotopic (exact) mass is 531 g/mol. The summed E-state index contributed by atoms with van der Waals surface area (Å²) in [6, 6.07) is 3.24. The minimum absolute atomic E-state index is 0.0659. The number of sulfonamides is 1. The van der Waals surface area contributed by atoms with Gasteiger partial charge in [-0.3, -0.25) is 14.8 Å². The highest BCUT2D eigenvalue weighted by Crippen LogP contribution is 2.33. The molecule has 12 heteroatoms. The zero-order chi connectivity index (χ0) is 25.3. The molecule has 9 nitrogen and oxygen atoms in total. The van der Waals surface area contributed by atoms with Gasteiger partial charge in [-0.2, -0.15) is 4.31 Å². The van der Waals surface area contributed by atoms with Crippen LogP contribution < -0.4 is 5.48 Å². The minimum Gasteiger partial charge on any atom is -0.465 e. The van der Waals surface area contributed by atoms with Gasteiger partial charge >= 0.3 is 5.97 Å². The van der Waals surface area contributed by atoms with E-state index in [9.17, 15) is 23.2 Å². The van der Waals surface area contributed by atoms with Crippen LogP contribution in [0.3, 0.4) is 0 Å². The minimum atomic E-state index is -4.29. The van der Waals surface area contributed by atoms with Crippen molar-refractivity contribution in [2.75, 3.05) is 18.9 Å². The molecule has 0 aliphatic rings. The van der Waals surface area contributed by atoms with Crippen molar-refractivity contribution in [3.05, 3.63) is 18.2 Å². The fourth-order valence-corrected chi connectivity index (χ4v) is 7.37. The molecule has 1 amide bonds. The van der Waals surface area contributed by atoms with Crippen molar-refractivity contribution in [1.29, 1.82) is 0 Å². The van der Waals surface area contributed by atoms with E-state index < -0.39 is 40.4 Å². The number of amides is 1. The Kier molecular flexibility index (Phi) is 11.2. The summed E-state index contributed by atoms with van der Waals surface area (Å²) in [6.45, 7) is 6.44. The van der Waals surface area contributed by atoms with Crippen LogP contribution in [-0.2, 0) is 24.3 Å². The Morgan fingerprint density at radius 1 is 1.24 bits per heavy atom. The number of carbonyl (C=O) groups is 2. The van der Waals surface area contributed by atoms with Gasteiger partial charge in [-0.15, -0.1) is 11.3 Å². The summed E-state index contributed by atoms with van der Waals surface area (Å²) in [6.07, 6.45) is 4.65. The normalized spacial score (nSPS) is 12.9. The molecule has 1 atom stereocenters. The highest BCUT2D eigenvalue weighted by molar-refractivity contribution is 8.01. The number of carbonyl (C=O) groups excluding carboxylic acids is 2. The highest BCUT2D eigenvalue weighted by Gasteiger charge is 2.39. The molecule has 0 fully saturated rings. The number of hydrogen-bond donors (Lipinski definition) is 2. The summed E-state index contributed by atoms with van der Waals surface area (Å²) in [5.41, 5.74) is 2.20. The molecule has 0 aliphatic carbocycles. The SMILES string of the molecule is CCCCCCSc1nc2ccc(S(=O)(=O)N(CC(=O)OCC)[C@@H](C(=O)NO)C(C)C)cc2s1. The Hall–Kier alpha value is -1.73. The fourth-order valence-electron chi connectivity index (χ4n) is 3.43. The third-order valence-corrected chi connectivity index (χ3v) is 9.15. The van der Waals surface area contributed by atoms with E-state index in [0.717, 1.165) is 20.8 Å². The van der Waals surface area contributed by atoms with Crippen LogP contribution in [0.2, 0.25) is 0 Å². The van der Waals surface area contributed by atoms with Crippen molar-refractivity contribution in [3.8, 4) is 0 Å². The highest BCUT2D eigenvalue weighted by atomic mass is 32.2. The first-order chi connectivity index (χ1) is 16.1. The predicted molar refractivity (Wildman–Crippen MR) is 134 cm³/mol. The van der Waals surface area contributed by atoms with Crippen LogP contribution in [0.5, 0.6) is 0 Å². The summed E-state index contributed by atoms with van der Waals surface area (Å²) in [5.74, 6) is -1.30. The number of esters is 1. The number of fused-ring (bicyclic) bond motifs is 1. The average molecular weight is 532 g/mol. The average Bonchev–Trinajstić information content (AvgIpc) is 3.20. The van der Waals surface area contributed by atoms with Crippen LogP contribution in [0.25, 0.3) is 10.2 Å². The molecule has 2 aromatic rings. The summed E-state index contributed by atoms with van der Waals surface area (Å²) in [5, 5.41) is 9.19. The third kappa shape index (κ3) is 7.38. The summed E-state index contributed by atoms with van der Waals surface area (Å²) < 4.78 is 34.5. The largest absolute Gasteiger partial charge is 0.465 e. The maximum Gasteiger partial charge on any atom is 0.321 e. The molecule has 1 heterocycles. The summed E-state index contributed by atoms with van der Waals surface area (Å²) in [4.78, 5) is 29.1. The number of rotatable bonds is 14. The lowest BCUT2D eigenvalue weighted by atomic mass is 10.0. The Balaban J connectivity index is 2.37. The predicted octanol–water partition coefficient (Wildman–Crippen LogP) is 4.05. The molecule has 0 spiro atoms. The van der Waals surface area contributed by atoms with Crippen molar-refractivity contribution in [1.82, 2.24) is 14.8 Å². The number of unbranched alkanes of at least 4 members (excludes halogenated alkanes) is 3. The van der Waals surface area contributed by atoms with Gasteiger partial charge in [0.25, 0.3) is 5.91 Å². The van der Waals surface area contributed by atoms with Gasteiger partial charge < -0.3 is 4.74 Å². The smallest absolute Gasteiger partial charge is 0.321 e. The number of nitrogens with one attached hydrogen (secondary N) is 1. The molecule has 0 aliphatic heterocycles. The first-order valence-corrected chi connectivity index (χ1v) is 14.5. The molecule has 34 heavy (non-hydrogen) atoms. The third-order valence-electron chi connectivity index (χ3n) is 5.08. The lowest BCUT2D eigenvalue weighted by Gasteiger charge is -2.31. The van der Waals surface area contributed by atoms with Gasteiger partial charge in [-0.1, -0.05) is 51.8 Å². The Morgan fingerprint density at radius 3 is 2.59 bits per heavy atom. The zero-order valence-electron chi connectivity index (χ0n) is 19.9. The quantitative estimate of drug-likeness (QED) is 0.123. The topological polar surface area (TPSA) is 126 Å². The molecular formula is C22H33N3O6S3. The van der Waals surface area contributed by atoms with Gasteiger partial charge in [0.05, 0.1) is 21.7 Å². The van der Waals surface area contributed by atoms with Gasteiger partial charge in [0.15, 0.2) is 4.34 Å². The van der Waals surface area contributed by atoms with Gasteiger partial charge in [0.1, 0.15) is 12.6 Å². The molecule has 190 valence electrons. The van der Waals surface area contributed by atoms with E-state index in [-0.39, 0.29) is 11.5 Å². The molecular weight excluding hydrogens is 498 g/mol. The van der Waals surface area contributed by atoms with Gasteiger partial charge in [0, 0.05) is 5.75 Å². The molecule has 0 saturated carbocycles. The van der Waals surface area contributed by atoms with Crippen molar-refractivity contribution >= 4 is 55.2 Å². The zero-order valence-corrected chi connectivity index (χ0v) is 22.4. The van der Waals surface area contributed by atoms with Crippen LogP contribution in [0.1, 0.15) is 53.4 Å². The number of benzene rings is 1. The molecule has 0 bridgehead atoms. The maximum absolute atomic E-state index is 13.6. The van der Waals surface area contributed by atoms with Crippen molar-refractivity contribution < 1.29 is 28.0 Å². The second-order valence-electron chi connectivity index (χ2n) is 8.04. The number of thioether (sulfide) groups is 1. The number of hydrogen-bond acceptors (Lipinski definition) is 9. The van der Waals surface area contributed by atoms with Crippen LogP contribution in [0, 0.1) is 5.92 Å². The second kappa shape index (κ2) is 13.4. The van der Waals surface area contributed by atoms with Crippen molar-refractivity contribution in [2.24, 2.45) is 5.92 Å². The molecule has 0 saturated heterocycles. The number of nitrogens with zero attached hydrogens (tertiary/aromatic N) is 2. The van der Waals surface area contributed by atoms with Gasteiger partial charge in [0.2, 0.25) is 10.0 Å². The van der Waals surface area contributed by atoms with Crippen LogP contribution in [-0.4, -0.2) is 59.7 Å². The summed E-state index contributed by atoms with van der Waals surface area (Å²) in [7, 11) is -4.29. The Morgan fingerprint density at radius 2 is 1.97 bits per heavy atom. The molecule has 0 radical (unpaired) electrons. The second-order valence-corrected chi connectivity index (χ2v) is 12.3. The molecule has 2 N–H and O–H groups in total. The van der Waals surface area contributed by atoms with Crippen LogP contribution in [0.15, 0.2) is 27.4 Å². The number of hydroxylamine groups is 1. The van der Waals surface area contributed by atoms with E-state index in [1.54, 1.807) is 38.6 Å². The van der Waals surface area contributed by atoms with E-state index in [1.165, 1.54) is 48.2 Å². The number of thiazole rings is 1. The maximum atomic E-state index is 13.6. The fraction of sp³-hybridized carbons (Fsp3) is 0.591. The Labute approximate surface area is 209 Å². The van der Waals surface area contributed by atoms with Crippen LogP contribution in [0.4, 0.5) is 0 Å². The Bertz CT molecular complexity index is 1070. The standard InChI is InChI=1S/C22H33N3O6S3/c1-5-7-8-9-12-32-22-23-17-11-10-16(13-18(17)33-22)34(29,30)25(14-19(26)31-6-2)20(15(3)4)21(27)24-28/h10-11,13,15,20,28H,5-9,12,14H2,1-4H3,(H,24,27)/t20-/m1/s1. The van der Waals surface area contributed by atoms with Gasteiger partial charge in [-0.05, 0) is 37.5 Å². The first-order valence-electron chi connectivity index (χ1n) is 11.3. The van der Waals surface area contributed by atoms with Gasteiger partial charge in [-0.25, -0.2) is 18.9 Å². The first kappa shape index (κ1) is 28.5. The van der Waals surface area contributed by atoms with E-state index in [2.05, 4.69) is 11.9 Å². The number of aromatic nitrogens is 1. The van der Waals surface area contributed by atoms with Crippen LogP contribution >= 0.6 is 23.1 Å². The van der Waals surface area contributed by atoms with Crippen molar-refractivity contribution in [3.63, 3.8) is 0 Å². The lowest BCUT2D eigenvalue weighted by molar-refractivity contribution is -0.145. The molecule has 1 aromatic carbocycles. The summed E-state index contributed by atoms with van der Waals surface area (Å²) >= 11 is 3.06. The van der Waals surface area contributed by atoms with E-state index in [4.69, 9.17) is 4.74 Å². The molecule has 2 rings (SSSR count). The molecule has 1 aromatic heterocycles. The lowest BCUT2D eigenvalue weighted by Crippen LogP contribution is -2.53. The number of ether oxygens (including phenoxy) is 1.